The highest BCUT2D eigenvalue weighted by atomic mass is 35.5. The van der Waals surface area contributed by atoms with Gasteiger partial charge in [-0.05, 0) is 43.0 Å². The zero-order chi connectivity index (χ0) is 12.8. The average molecular weight is 254 g/mol. The fourth-order valence-electron chi connectivity index (χ4n) is 1.90. The lowest BCUT2D eigenvalue weighted by atomic mass is 10.1. The van der Waals surface area contributed by atoms with Crippen LogP contribution in [0.5, 0.6) is 0 Å². The highest BCUT2D eigenvalue weighted by Crippen LogP contribution is 2.22. The van der Waals surface area contributed by atoms with E-state index in [9.17, 15) is 0 Å². The van der Waals surface area contributed by atoms with Crippen molar-refractivity contribution in [3.63, 3.8) is 0 Å². The Morgan fingerprint density at radius 2 is 1.94 bits per heavy atom. The lowest BCUT2D eigenvalue weighted by Crippen LogP contribution is -2.18. The van der Waals surface area contributed by atoms with Gasteiger partial charge in [0.2, 0.25) is 0 Å². The molecule has 0 spiro atoms. The zero-order valence-electron chi connectivity index (χ0n) is 11.5. The predicted molar refractivity (Wildman–Crippen MR) is 78.1 cm³/mol. The maximum atomic E-state index is 6.03. The number of anilines is 1. The van der Waals surface area contributed by atoms with Crippen molar-refractivity contribution >= 4 is 17.3 Å². The van der Waals surface area contributed by atoms with Crippen LogP contribution in [-0.2, 0) is 0 Å². The topological polar surface area (TPSA) is 3.24 Å². The van der Waals surface area contributed by atoms with E-state index in [4.69, 9.17) is 11.6 Å². The normalized spacial score (nSPS) is 10.9. The molecule has 0 atom stereocenters. The molecular weight excluding hydrogens is 230 g/mol. The standard InChI is InChI=1S/C15H24ClN/c1-12(2)7-5-6-10-17(4)14-8-9-15(16)13(3)11-14/h8-9,11-12H,5-7,10H2,1-4H3. The molecule has 1 nitrogen and oxygen atoms in total. The molecule has 0 aliphatic heterocycles. The first-order valence-electron chi connectivity index (χ1n) is 6.48. The van der Waals surface area contributed by atoms with Crippen LogP contribution >= 0.6 is 11.6 Å². The van der Waals surface area contributed by atoms with E-state index in [0.29, 0.717) is 0 Å². The molecule has 0 aliphatic carbocycles. The van der Waals surface area contributed by atoms with Gasteiger partial charge in [-0.25, -0.2) is 0 Å². The number of rotatable bonds is 6. The molecule has 17 heavy (non-hydrogen) atoms. The second-order valence-corrected chi connectivity index (χ2v) is 5.65. The minimum atomic E-state index is 0.818. The molecule has 1 aromatic rings. The Labute approximate surface area is 111 Å². The lowest BCUT2D eigenvalue weighted by Gasteiger charge is -2.20. The molecule has 0 bridgehead atoms. The Morgan fingerprint density at radius 3 is 2.53 bits per heavy atom. The summed E-state index contributed by atoms with van der Waals surface area (Å²) < 4.78 is 0. The van der Waals surface area contributed by atoms with Gasteiger partial charge in [-0.2, -0.15) is 0 Å². The van der Waals surface area contributed by atoms with E-state index >= 15 is 0 Å². The van der Waals surface area contributed by atoms with Gasteiger partial charge in [0.15, 0.2) is 0 Å². The third kappa shape index (κ3) is 4.99. The van der Waals surface area contributed by atoms with Gasteiger partial charge in [0, 0.05) is 24.3 Å². The second kappa shape index (κ2) is 6.90. The molecular formula is C15H24ClN. The molecule has 0 fully saturated rings. The first kappa shape index (κ1) is 14.4. The van der Waals surface area contributed by atoms with Crippen LogP contribution in [0.25, 0.3) is 0 Å². The zero-order valence-corrected chi connectivity index (χ0v) is 12.2. The molecule has 0 radical (unpaired) electrons. The lowest BCUT2D eigenvalue weighted by molar-refractivity contribution is 0.538. The third-order valence-corrected chi connectivity index (χ3v) is 3.53. The van der Waals surface area contributed by atoms with Crippen molar-refractivity contribution in [2.75, 3.05) is 18.5 Å². The van der Waals surface area contributed by atoms with E-state index in [1.165, 1.54) is 24.9 Å². The van der Waals surface area contributed by atoms with Crippen LogP contribution in [0.4, 0.5) is 5.69 Å². The third-order valence-electron chi connectivity index (χ3n) is 3.11. The van der Waals surface area contributed by atoms with Crippen LogP contribution in [0.2, 0.25) is 5.02 Å². The van der Waals surface area contributed by atoms with Crippen molar-refractivity contribution in [1.29, 1.82) is 0 Å². The van der Waals surface area contributed by atoms with E-state index < -0.39 is 0 Å². The largest absolute Gasteiger partial charge is 0.375 e. The molecule has 0 unspecified atom stereocenters. The Morgan fingerprint density at radius 1 is 1.24 bits per heavy atom. The molecule has 2 heteroatoms. The molecule has 0 aromatic heterocycles. The summed E-state index contributed by atoms with van der Waals surface area (Å²) in [7, 11) is 2.15. The Kier molecular flexibility index (Phi) is 5.84. The first-order chi connectivity index (χ1) is 8.00. The van der Waals surface area contributed by atoms with Gasteiger partial charge in [0.25, 0.3) is 0 Å². The van der Waals surface area contributed by atoms with Crippen molar-refractivity contribution in [1.82, 2.24) is 0 Å². The second-order valence-electron chi connectivity index (χ2n) is 5.24. The molecule has 96 valence electrons. The van der Waals surface area contributed by atoms with Gasteiger partial charge in [-0.1, -0.05) is 38.3 Å². The fraction of sp³-hybridized carbons (Fsp3) is 0.600. The Balaban J connectivity index is 2.41. The van der Waals surface area contributed by atoms with Gasteiger partial charge < -0.3 is 4.90 Å². The summed E-state index contributed by atoms with van der Waals surface area (Å²) in [5.41, 5.74) is 2.41. The summed E-state index contributed by atoms with van der Waals surface area (Å²) in [4.78, 5) is 2.31. The average Bonchev–Trinajstić information content (AvgIpc) is 2.27. The highest BCUT2D eigenvalue weighted by Gasteiger charge is 2.03. The van der Waals surface area contributed by atoms with Crippen molar-refractivity contribution in [2.24, 2.45) is 5.92 Å². The number of unbranched alkanes of at least 4 members (excludes halogenated alkanes) is 1. The van der Waals surface area contributed by atoms with Crippen molar-refractivity contribution in [3.05, 3.63) is 28.8 Å². The number of nitrogens with zero attached hydrogens (tertiary/aromatic N) is 1. The van der Waals surface area contributed by atoms with Gasteiger partial charge in [-0.3, -0.25) is 0 Å². The van der Waals surface area contributed by atoms with Crippen LogP contribution in [0.1, 0.15) is 38.7 Å². The monoisotopic (exact) mass is 253 g/mol. The molecule has 0 heterocycles. The predicted octanol–water partition coefficient (Wildman–Crippen LogP) is 4.91. The van der Waals surface area contributed by atoms with E-state index in [1.807, 2.05) is 6.07 Å². The minimum Gasteiger partial charge on any atom is -0.375 e. The van der Waals surface area contributed by atoms with Crippen LogP contribution < -0.4 is 4.90 Å². The molecule has 0 saturated heterocycles. The molecule has 0 amide bonds. The van der Waals surface area contributed by atoms with E-state index in [-0.39, 0.29) is 0 Å². The fourth-order valence-corrected chi connectivity index (χ4v) is 2.01. The number of hydrogen-bond donors (Lipinski definition) is 0. The number of hydrogen-bond acceptors (Lipinski definition) is 1. The van der Waals surface area contributed by atoms with E-state index in [2.05, 4.69) is 44.9 Å². The van der Waals surface area contributed by atoms with Crippen molar-refractivity contribution in [2.45, 2.75) is 40.0 Å². The first-order valence-corrected chi connectivity index (χ1v) is 6.85. The Hall–Kier alpha value is -0.690. The molecule has 0 N–H and O–H groups in total. The van der Waals surface area contributed by atoms with Gasteiger partial charge in [0.05, 0.1) is 0 Å². The highest BCUT2D eigenvalue weighted by molar-refractivity contribution is 6.31. The number of halogens is 1. The number of benzene rings is 1. The molecule has 1 rings (SSSR count). The SMILES string of the molecule is Cc1cc(N(C)CCCCC(C)C)ccc1Cl. The molecule has 1 aromatic carbocycles. The quantitative estimate of drug-likeness (QED) is 0.651. The van der Waals surface area contributed by atoms with Crippen molar-refractivity contribution in [3.8, 4) is 0 Å². The van der Waals surface area contributed by atoms with E-state index in [0.717, 1.165) is 23.0 Å². The van der Waals surface area contributed by atoms with Crippen LogP contribution in [0, 0.1) is 12.8 Å². The maximum absolute atomic E-state index is 6.03. The summed E-state index contributed by atoms with van der Waals surface area (Å²) in [6.45, 7) is 7.74. The number of aryl methyl sites for hydroxylation is 1. The van der Waals surface area contributed by atoms with Crippen molar-refractivity contribution < 1.29 is 0 Å². The van der Waals surface area contributed by atoms with Crippen LogP contribution in [0.15, 0.2) is 18.2 Å². The van der Waals surface area contributed by atoms with Crippen LogP contribution in [-0.4, -0.2) is 13.6 Å². The van der Waals surface area contributed by atoms with Crippen LogP contribution in [0.3, 0.4) is 0 Å². The molecule has 0 saturated carbocycles. The van der Waals surface area contributed by atoms with Gasteiger partial charge >= 0.3 is 0 Å². The maximum Gasteiger partial charge on any atom is 0.0436 e. The summed E-state index contributed by atoms with van der Waals surface area (Å²) in [5, 5.41) is 0.849. The van der Waals surface area contributed by atoms with Gasteiger partial charge in [0.1, 0.15) is 0 Å². The smallest absolute Gasteiger partial charge is 0.0436 e. The summed E-state index contributed by atoms with van der Waals surface area (Å²) in [5.74, 6) is 0.818. The summed E-state index contributed by atoms with van der Waals surface area (Å²) >= 11 is 6.03. The summed E-state index contributed by atoms with van der Waals surface area (Å²) in [6, 6.07) is 6.24. The molecule has 0 aliphatic rings. The minimum absolute atomic E-state index is 0.818. The Bertz CT molecular complexity index is 347. The van der Waals surface area contributed by atoms with Gasteiger partial charge in [-0.15, -0.1) is 0 Å². The van der Waals surface area contributed by atoms with E-state index in [1.54, 1.807) is 0 Å². The summed E-state index contributed by atoms with van der Waals surface area (Å²) in [6.07, 6.45) is 3.90.